The zero-order chi connectivity index (χ0) is 7.40. The molecule has 0 fully saturated rings. The van der Waals surface area contributed by atoms with Crippen LogP contribution in [0.1, 0.15) is 6.92 Å². The van der Waals surface area contributed by atoms with Crippen molar-refractivity contribution >= 4 is 5.82 Å². The van der Waals surface area contributed by atoms with Gasteiger partial charge in [0.1, 0.15) is 12.1 Å². The molecule has 1 aromatic heterocycles. The maximum absolute atomic E-state index is 4.06. The number of aromatic nitrogens is 2. The monoisotopic (exact) mass is 137 g/mol. The van der Waals surface area contributed by atoms with E-state index in [2.05, 4.69) is 21.8 Å². The molecule has 0 N–H and O–H groups in total. The molecule has 0 aromatic carbocycles. The molecule has 1 heterocycles. The highest BCUT2D eigenvalue weighted by molar-refractivity contribution is 5.34. The third-order valence-corrected chi connectivity index (χ3v) is 1.43. The molecular formula is C7H11N3. The fraction of sp³-hybridized carbons (Fsp3) is 0.429. The fourth-order valence-corrected chi connectivity index (χ4v) is 0.672. The molecule has 0 radical (unpaired) electrons. The van der Waals surface area contributed by atoms with E-state index in [1.54, 1.807) is 12.5 Å². The van der Waals surface area contributed by atoms with Gasteiger partial charge in [-0.05, 0) is 13.0 Å². The maximum Gasteiger partial charge on any atom is 0.131 e. The second-order valence-electron chi connectivity index (χ2n) is 2.08. The first kappa shape index (κ1) is 6.99. The molecule has 0 atom stereocenters. The Morgan fingerprint density at radius 1 is 1.60 bits per heavy atom. The van der Waals surface area contributed by atoms with Crippen LogP contribution in [0.4, 0.5) is 5.82 Å². The molecule has 0 unspecified atom stereocenters. The van der Waals surface area contributed by atoms with Crippen LogP contribution < -0.4 is 4.90 Å². The lowest BCUT2D eigenvalue weighted by atomic mass is 10.5. The van der Waals surface area contributed by atoms with Gasteiger partial charge in [-0.25, -0.2) is 9.97 Å². The summed E-state index contributed by atoms with van der Waals surface area (Å²) in [5.41, 5.74) is 0. The van der Waals surface area contributed by atoms with Gasteiger partial charge in [-0.15, -0.1) is 0 Å². The summed E-state index contributed by atoms with van der Waals surface area (Å²) in [5.74, 6) is 0.970. The quantitative estimate of drug-likeness (QED) is 0.607. The summed E-state index contributed by atoms with van der Waals surface area (Å²) in [5, 5.41) is 0. The van der Waals surface area contributed by atoms with Crippen molar-refractivity contribution in [3.63, 3.8) is 0 Å². The van der Waals surface area contributed by atoms with Gasteiger partial charge in [-0.3, -0.25) is 0 Å². The number of hydrogen-bond acceptors (Lipinski definition) is 3. The first-order valence-electron chi connectivity index (χ1n) is 3.31. The summed E-state index contributed by atoms with van der Waals surface area (Å²) in [6.07, 6.45) is 3.30. The summed E-state index contributed by atoms with van der Waals surface area (Å²) in [6, 6.07) is 1.89. The molecule has 0 bridgehead atoms. The molecular weight excluding hydrogens is 126 g/mol. The third kappa shape index (κ3) is 1.43. The van der Waals surface area contributed by atoms with Gasteiger partial charge in [0.15, 0.2) is 0 Å². The Morgan fingerprint density at radius 2 is 2.40 bits per heavy atom. The second kappa shape index (κ2) is 3.15. The second-order valence-corrected chi connectivity index (χ2v) is 2.08. The Kier molecular flexibility index (Phi) is 2.20. The molecule has 1 rings (SSSR count). The van der Waals surface area contributed by atoms with E-state index in [1.807, 2.05) is 13.1 Å². The first-order chi connectivity index (χ1) is 4.84. The highest BCUT2D eigenvalue weighted by Gasteiger charge is 1.95. The van der Waals surface area contributed by atoms with E-state index in [-0.39, 0.29) is 0 Å². The average molecular weight is 137 g/mol. The lowest BCUT2D eigenvalue weighted by Gasteiger charge is -2.13. The molecule has 0 aliphatic rings. The Bertz CT molecular complexity index is 185. The molecule has 0 spiro atoms. The standard InChI is InChI=1S/C7H11N3/c1-3-10(2)7-4-5-8-6-9-7/h4-6H,3H2,1-2H3. The summed E-state index contributed by atoms with van der Waals surface area (Å²) in [6.45, 7) is 3.05. The highest BCUT2D eigenvalue weighted by Crippen LogP contribution is 2.03. The van der Waals surface area contributed by atoms with E-state index < -0.39 is 0 Å². The minimum absolute atomic E-state index is 0.969. The lowest BCUT2D eigenvalue weighted by Crippen LogP contribution is -2.16. The Balaban J connectivity index is 2.75. The van der Waals surface area contributed by atoms with Crippen LogP contribution >= 0.6 is 0 Å². The normalized spacial score (nSPS) is 9.40. The van der Waals surface area contributed by atoms with Crippen molar-refractivity contribution in [3.05, 3.63) is 18.6 Å². The molecule has 10 heavy (non-hydrogen) atoms. The molecule has 0 aliphatic heterocycles. The van der Waals surface area contributed by atoms with Crippen molar-refractivity contribution in [2.75, 3.05) is 18.5 Å². The lowest BCUT2D eigenvalue weighted by molar-refractivity contribution is 0.929. The van der Waals surface area contributed by atoms with E-state index in [0.717, 1.165) is 12.4 Å². The largest absolute Gasteiger partial charge is 0.360 e. The van der Waals surface area contributed by atoms with Crippen LogP contribution in [0.3, 0.4) is 0 Å². The van der Waals surface area contributed by atoms with Crippen LogP contribution in [0.15, 0.2) is 18.6 Å². The van der Waals surface area contributed by atoms with Crippen LogP contribution in [0, 0.1) is 0 Å². The van der Waals surface area contributed by atoms with E-state index >= 15 is 0 Å². The minimum Gasteiger partial charge on any atom is -0.360 e. The van der Waals surface area contributed by atoms with Crippen LogP contribution in [0.5, 0.6) is 0 Å². The third-order valence-electron chi connectivity index (χ3n) is 1.43. The molecule has 54 valence electrons. The van der Waals surface area contributed by atoms with Gasteiger partial charge in [-0.1, -0.05) is 0 Å². The molecule has 0 saturated carbocycles. The van der Waals surface area contributed by atoms with Gasteiger partial charge < -0.3 is 4.90 Å². The number of anilines is 1. The number of nitrogens with zero attached hydrogens (tertiary/aromatic N) is 3. The van der Waals surface area contributed by atoms with Crippen molar-refractivity contribution in [3.8, 4) is 0 Å². The SMILES string of the molecule is CCN(C)c1ccncn1. The Morgan fingerprint density at radius 3 is 2.90 bits per heavy atom. The van der Waals surface area contributed by atoms with Crippen LogP contribution in [-0.2, 0) is 0 Å². The van der Waals surface area contributed by atoms with Gasteiger partial charge in [0.05, 0.1) is 0 Å². The van der Waals surface area contributed by atoms with Crippen molar-refractivity contribution in [1.82, 2.24) is 9.97 Å². The summed E-state index contributed by atoms with van der Waals surface area (Å²) in [4.78, 5) is 9.95. The molecule has 3 nitrogen and oxygen atoms in total. The smallest absolute Gasteiger partial charge is 0.131 e. The van der Waals surface area contributed by atoms with Gasteiger partial charge in [0.25, 0.3) is 0 Å². The molecule has 1 aromatic rings. The first-order valence-corrected chi connectivity index (χ1v) is 3.31. The van der Waals surface area contributed by atoms with Crippen molar-refractivity contribution in [2.24, 2.45) is 0 Å². The van der Waals surface area contributed by atoms with Crippen LogP contribution in [0.25, 0.3) is 0 Å². The topological polar surface area (TPSA) is 29.0 Å². The molecule has 0 aliphatic carbocycles. The Labute approximate surface area is 60.7 Å². The van der Waals surface area contributed by atoms with E-state index in [9.17, 15) is 0 Å². The summed E-state index contributed by atoms with van der Waals surface area (Å²) in [7, 11) is 2.00. The van der Waals surface area contributed by atoms with E-state index in [1.165, 1.54) is 0 Å². The Hall–Kier alpha value is -1.12. The zero-order valence-electron chi connectivity index (χ0n) is 6.28. The van der Waals surface area contributed by atoms with Crippen LogP contribution in [0.2, 0.25) is 0 Å². The van der Waals surface area contributed by atoms with Crippen LogP contribution in [-0.4, -0.2) is 23.6 Å². The summed E-state index contributed by atoms with van der Waals surface area (Å²) >= 11 is 0. The number of rotatable bonds is 2. The minimum atomic E-state index is 0.969. The fourth-order valence-electron chi connectivity index (χ4n) is 0.672. The summed E-state index contributed by atoms with van der Waals surface area (Å²) < 4.78 is 0. The maximum atomic E-state index is 4.06. The van der Waals surface area contributed by atoms with Crippen molar-refractivity contribution < 1.29 is 0 Å². The highest BCUT2D eigenvalue weighted by atomic mass is 15.2. The van der Waals surface area contributed by atoms with E-state index in [4.69, 9.17) is 0 Å². The van der Waals surface area contributed by atoms with Crippen molar-refractivity contribution in [1.29, 1.82) is 0 Å². The van der Waals surface area contributed by atoms with Gasteiger partial charge in [0, 0.05) is 19.8 Å². The van der Waals surface area contributed by atoms with Gasteiger partial charge in [0.2, 0.25) is 0 Å². The molecule has 0 amide bonds. The van der Waals surface area contributed by atoms with Gasteiger partial charge >= 0.3 is 0 Å². The predicted molar refractivity (Wildman–Crippen MR) is 41.0 cm³/mol. The molecule has 0 saturated heterocycles. The van der Waals surface area contributed by atoms with Crippen molar-refractivity contribution in [2.45, 2.75) is 6.92 Å². The van der Waals surface area contributed by atoms with E-state index in [0.29, 0.717) is 0 Å². The predicted octanol–water partition coefficient (Wildman–Crippen LogP) is 0.933. The number of hydrogen-bond donors (Lipinski definition) is 0. The van der Waals surface area contributed by atoms with Gasteiger partial charge in [-0.2, -0.15) is 0 Å². The average Bonchev–Trinajstić information content (AvgIpc) is 2.05. The zero-order valence-corrected chi connectivity index (χ0v) is 6.28. The molecule has 3 heteroatoms.